The highest BCUT2D eigenvalue weighted by Crippen LogP contribution is 2.20. The summed E-state index contributed by atoms with van der Waals surface area (Å²) in [5, 5.41) is 0. The Hall–Kier alpha value is -0.480. The minimum Gasteiger partial charge on any atom is -0.462 e. The summed E-state index contributed by atoms with van der Waals surface area (Å²) in [6, 6.07) is 5.23. The normalized spacial score (nSPS) is 9.77. The van der Waals surface area contributed by atoms with E-state index in [2.05, 4.69) is 28.6 Å². The lowest BCUT2D eigenvalue weighted by molar-refractivity contribution is 0.0522. The van der Waals surface area contributed by atoms with Gasteiger partial charge in [-0.05, 0) is 25.1 Å². The van der Waals surface area contributed by atoms with E-state index in [1.165, 1.54) is 0 Å². The summed E-state index contributed by atoms with van der Waals surface area (Å²) < 4.78 is 5.74. The van der Waals surface area contributed by atoms with Crippen LogP contribution in [0.3, 0.4) is 0 Å². The van der Waals surface area contributed by atoms with Gasteiger partial charge in [0.15, 0.2) is 0 Å². The zero-order valence-electron chi connectivity index (χ0n) is 7.08. The first-order valence-corrected chi connectivity index (χ1v) is 5.04. The van der Waals surface area contributed by atoms with Gasteiger partial charge in [-0.3, -0.25) is 0 Å². The van der Waals surface area contributed by atoms with Crippen LogP contribution in [0.2, 0.25) is 0 Å². The number of benzene rings is 1. The molecular formula is C9H9BrO2S. The molecular weight excluding hydrogens is 252 g/mol. The molecule has 0 radical (unpaired) electrons. The standard InChI is InChI=1S/C9H9BrO2S/c1-2-12-9(11)7-4-3-6(10)5-8(7)13/h3-5,13H,2H2,1H3. The number of carbonyl (C=O) groups excluding carboxylic acids is 1. The lowest BCUT2D eigenvalue weighted by Gasteiger charge is -2.04. The third-order valence-corrected chi connectivity index (χ3v) is 2.32. The summed E-state index contributed by atoms with van der Waals surface area (Å²) >= 11 is 7.45. The number of hydrogen-bond donors (Lipinski definition) is 1. The predicted octanol–water partition coefficient (Wildman–Crippen LogP) is 2.91. The maximum absolute atomic E-state index is 11.3. The molecule has 13 heavy (non-hydrogen) atoms. The summed E-state index contributed by atoms with van der Waals surface area (Å²) in [4.78, 5) is 11.9. The largest absolute Gasteiger partial charge is 0.462 e. The van der Waals surface area contributed by atoms with Gasteiger partial charge in [0.2, 0.25) is 0 Å². The first-order chi connectivity index (χ1) is 6.15. The molecule has 0 saturated carbocycles. The number of halogens is 1. The van der Waals surface area contributed by atoms with Crippen molar-refractivity contribution in [2.75, 3.05) is 6.61 Å². The van der Waals surface area contributed by atoms with E-state index in [0.29, 0.717) is 17.1 Å². The van der Waals surface area contributed by atoms with Gasteiger partial charge in [0.05, 0.1) is 12.2 Å². The molecule has 4 heteroatoms. The van der Waals surface area contributed by atoms with Crippen LogP contribution in [0.1, 0.15) is 17.3 Å². The van der Waals surface area contributed by atoms with Gasteiger partial charge < -0.3 is 4.74 Å². The molecule has 0 N–H and O–H groups in total. The van der Waals surface area contributed by atoms with Crippen molar-refractivity contribution < 1.29 is 9.53 Å². The minimum atomic E-state index is -0.333. The molecule has 0 aromatic heterocycles. The SMILES string of the molecule is CCOC(=O)c1ccc(Br)cc1S. The van der Waals surface area contributed by atoms with Crippen LogP contribution in [0.25, 0.3) is 0 Å². The maximum atomic E-state index is 11.3. The summed E-state index contributed by atoms with van der Waals surface area (Å²) in [5.74, 6) is -0.333. The van der Waals surface area contributed by atoms with Crippen LogP contribution in [-0.4, -0.2) is 12.6 Å². The van der Waals surface area contributed by atoms with Crippen LogP contribution in [0, 0.1) is 0 Å². The second-order valence-corrected chi connectivity index (χ2v) is 3.78. The van der Waals surface area contributed by atoms with Gasteiger partial charge >= 0.3 is 5.97 Å². The Morgan fingerprint density at radius 1 is 1.62 bits per heavy atom. The van der Waals surface area contributed by atoms with Crippen molar-refractivity contribution in [2.24, 2.45) is 0 Å². The topological polar surface area (TPSA) is 26.3 Å². The number of thiol groups is 1. The number of hydrogen-bond acceptors (Lipinski definition) is 3. The molecule has 0 saturated heterocycles. The first-order valence-electron chi connectivity index (χ1n) is 3.80. The van der Waals surface area contributed by atoms with Crippen LogP contribution in [0.4, 0.5) is 0 Å². The van der Waals surface area contributed by atoms with Crippen LogP contribution in [0.5, 0.6) is 0 Å². The van der Waals surface area contributed by atoms with Gasteiger partial charge in [-0.25, -0.2) is 4.79 Å². The Morgan fingerprint density at radius 3 is 2.85 bits per heavy atom. The molecule has 0 heterocycles. The van der Waals surface area contributed by atoms with Gasteiger partial charge in [0, 0.05) is 9.37 Å². The molecule has 0 aliphatic carbocycles. The van der Waals surface area contributed by atoms with Crippen LogP contribution >= 0.6 is 28.6 Å². The van der Waals surface area contributed by atoms with Crippen molar-refractivity contribution in [2.45, 2.75) is 11.8 Å². The van der Waals surface area contributed by atoms with Crippen molar-refractivity contribution in [3.05, 3.63) is 28.2 Å². The Labute approximate surface area is 90.8 Å². The Kier molecular flexibility index (Phi) is 3.81. The molecule has 0 bridgehead atoms. The van der Waals surface area contributed by atoms with Gasteiger partial charge in [-0.2, -0.15) is 0 Å². The van der Waals surface area contributed by atoms with E-state index in [4.69, 9.17) is 4.74 Å². The summed E-state index contributed by atoms with van der Waals surface area (Å²) in [5.41, 5.74) is 0.494. The molecule has 0 aliphatic heterocycles. The number of ether oxygens (including phenoxy) is 1. The van der Waals surface area contributed by atoms with E-state index in [0.717, 1.165) is 4.47 Å². The van der Waals surface area contributed by atoms with Gasteiger partial charge in [-0.1, -0.05) is 15.9 Å². The van der Waals surface area contributed by atoms with Crippen LogP contribution in [0.15, 0.2) is 27.6 Å². The summed E-state index contributed by atoms with van der Waals surface area (Å²) in [6.45, 7) is 2.15. The highest BCUT2D eigenvalue weighted by molar-refractivity contribution is 9.10. The fourth-order valence-corrected chi connectivity index (χ4v) is 1.73. The fourth-order valence-electron chi connectivity index (χ4n) is 0.886. The Morgan fingerprint density at radius 2 is 2.31 bits per heavy atom. The molecule has 0 unspecified atom stereocenters. The molecule has 1 aromatic carbocycles. The smallest absolute Gasteiger partial charge is 0.339 e. The van der Waals surface area contributed by atoms with E-state index in [-0.39, 0.29) is 5.97 Å². The van der Waals surface area contributed by atoms with Crippen molar-refractivity contribution in [3.63, 3.8) is 0 Å². The molecule has 0 aliphatic rings. The average Bonchev–Trinajstić information content (AvgIpc) is 2.04. The van der Waals surface area contributed by atoms with Crippen LogP contribution in [-0.2, 0) is 4.74 Å². The lowest BCUT2D eigenvalue weighted by atomic mass is 10.2. The van der Waals surface area contributed by atoms with Crippen molar-refractivity contribution in [1.29, 1.82) is 0 Å². The molecule has 2 nitrogen and oxygen atoms in total. The van der Waals surface area contributed by atoms with Crippen LogP contribution < -0.4 is 0 Å². The monoisotopic (exact) mass is 260 g/mol. The lowest BCUT2D eigenvalue weighted by Crippen LogP contribution is -2.05. The molecule has 0 atom stereocenters. The molecule has 0 fully saturated rings. The van der Waals surface area contributed by atoms with E-state index >= 15 is 0 Å². The summed E-state index contributed by atoms with van der Waals surface area (Å²) in [7, 11) is 0. The Bertz CT molecular complexity index is 325. The third-order valence-electron chi connectivity index (χ3n) is 1.46. The average molecular weight is 261 g/mol. The minimum absolute atomic E-state index is 0.333. The molecule has 1 aromatic rings. The maximum Gasteiger partial charge on any atom is 0.339 e. The number of rotatable bonds is 2. The van der Waals surface area contributed by atoms with Crippen molar-refractivity contribution >= 4 is 34.5 Å². The fraction of sp³-hybridized carbons (Fsp3) is 0.222. The molecule has 1 rings (SSSR count). The summed E-state index contributed by atoms with van der Waals surface area (Å²) in [6.07, 6.45) is 0. The van der Waals surface area contributed by atoms with E-state index in [1.54, 1.807) is 25.1 Å². The van der Waals surface area contributed by atoms with E-state index in [1.807, 2.05) is 0 Å². The highest BCUT2D eigenvalue weighted by Gasteiger charge is 2.09. The quantitative estimate of drug-likeness (QED) is 0.654. The second-order valence-electron chi connectivity index (χ2n) is 2.38. The predicted molar refractivity (Wildman–Crippen MR) is 57.4 cm³/mol. The highest BCUT2D eigenvalue weighted by atomic mass is 79.9. The Balaban J connectivity index is 2.95. The van der Waals surface area contributed by atoms with E-state index < -0.39 is 0 Å². The first kappa shape index (κ1) is 10.6. The second kappa shape index (κ2) is 4.67. The number of carbonyl (C=O) groups is 1. The zero-order chi connectivity index (χ0) is 9.84. The third kappa shape index (κ3) is 2.74. The van der Waals surface area contributed by atoms with Gasteiger partial charge in [-0.15, -0.1) is 12.6 Å². The van der Waals surface area contributed by atoms with E-state index in [9.17, 15) is 4.79 Å². The van der Waals surface area contributed by atoms with Gasteiger partial charge in [0.25, 0.3) is 0 Å². The van der Waals surface area contributed by atoms with Gasteiger partial charge in [0.1, 0.15) is 0 Å². The van der Waals surface area contributed by atoms with Crippen molar-refractivity contribution in [3.8, 4) is 0 Å². The molecule has 0 spiro atoms. The molecule has 70 valence electrons. The zero-order valence-corrected chi connectivity index (χ0v) is 9.56. The van der Waals surface area contributed by atoms with Crippen molar-refractivity contribution in [1.82, 2.24) is 0 Å². The molecule has 0 amide bonds. The number of esters is 1.